The molecule has 1 aliphatic carbocycles. The fraction of sp³-hybridized carbons (Fsp3) is 0.600. The smallest absolute Gasteiger partial charge is 0.120 e. The van der Waals surface area contributed by atoms with E-state index in [0.29, 0.717) is 6.10 Å². The van der Waals surface area contributed by atoms with E-state index in [0.717, 1.165) is 18.6 Å². The third kappa shape index (κ3) is 3.47. The summed E-state index contributed by atoms with van der Waals surface area (Å²) in [4.78, 5) is 0. The van der Waals surface area contributed by atoms with E-state index < -0.39 is 0 Å². The van der Waals surface area contributed by atoms with E-state index in [9.17, 15) is 0 Å². The van der Waals surface area contributed by atoms with Gasteiger partial charge in [-0.15, -0.1) is 0 Å². The molecule has 1 unspecified atom stereocenters. The van der Waals surface area contributed by atoms with Crippen LogP contribution in [0.25, 0.3) is 0 Å². The Morgan fingerprint density at radius 3 is 2.82 bits per heavy atom. The molecular weight excluding hydrogens is 210 g/mol. The van der Waals surface area contributed by atoms with Gasteiger partial charge in [0.2, 0.25) is 0 Å². The first kappa shape index (κ1) is 12.4. The van der Waals surface area contributed by atoms with Crippen molar-refractivity contribution in [3.05, 3.63) is 29.8 Å². The van der Waals surface area contributed by atoms with Crippen LogP contribution in [0.3, 0.4) is 0 Å². The zero-order chi connectivity index (χ0) is 12.1. The molecule has 1 fully saturated rings. The van der Waals surface area contributed by atoms with Crippen LogP contribution in [0, 0.1) is 0 Å². The average molecular weight is 233 g/mol. The molecule has 0 bridgehead atoms. The number of nitrogens with two attached hydrogens (primary N) is 1. The minimum Gasteiger partial charge on any atom is -0.490 e. The summed E-state index contributed by atoms with van der Waals surface area (Å²) in [7, 11) is 0. The van der Waals surface area contributed by atoms with E-state index in [4.69, 9.17) is 10.5 Å². The first-order valence-electron chi connectivity index (χ1n) is 6.82. The van der Waals surface area contributed by atoms with Gasteiger partial charge in [0.15, 0.2) is 0 Å². The van der Waals surface area contributed by atoms with Crippen molar-refractivity contribution in [2.45, 2.75) is 57.6 Å². The van der Waals surface area contributed by atoms with Gasteiger partial charge >= 0.3 is 0 Å². The van der Waals surface area contributed by atoms with Crippen LogP contribution in [-0.4, -0.2) is 6.10 Å². The van der Waals surface area contributed by atoms with E-state index in [1.807, 2.05) is 6.07 Å². The molecule has 1 aromatic rings. The average Bonchev–Trinajstić information content (AvgIpc) is 2.82. The molecule has 2 N–H and O–H groups in total. The fourth-order valence-corrected chi connectivity index (χ4v) is 2.49. The summed E-state index contributed by atoms with van der Waals surface area (Å²) in [5.41, 5.74) is 7.32. The van der Waals surface area contributed by atoms with Crippen molar-refractivity contribution in [3.63, 3.8) is 0 Å². The second-order valence-electron chi connectivity index (χ2n) is 4.99. The van der Waals surface area contributed by atoms with Gasteiger partial charge in [0, 0.05) is 6.04 Å². The van der Waals surface area contributed by atoms with Gasteiger partial charge < -0.3 is 10.5 Å². The van der Waals surface area contributed by atoms with Crippen LogP contribution < -0.4 is 10.5 Å². The molecule has 17 heavy (non-hydrogen) atoms. The molecular formula is C15H23NO. The second-order valence-corrected chi connectivity index (χ2v) is 4.99. The first-order valence-corrected chi connectivity index (χ1v) is 6.82. The lowest BCUT2D eigenvalue weighted by Gasteiger charge is -2.16. The largest absolute Gasteiger partial charge is 0.490 e. The summed E-state index contributed by atoms with van der Waals surface area (Å²) in [5.74, 6) is 0.987. The van der Waals surface area contributed by atoms with Gasteiger partial charge in [0.1, 0.15) is 5.75 Å². The molecule has 0 saturated heterocycles. The highest BCUT2D eigenvalue weighted by molar-refractivity contribution is 5.30. The highest BCUT2D eigenvalue weighted by Gasteiger charge is 2.16. The minimum absolute atomic E-state index is 0.145. The third-order valence-electron chi connectivity index (χ3n) is 3.49. The van der Waals surface area contributed by atoms with E-state index in [2.05, 4.69) is 25.1 Å². The van der Waals surface area contributed by atoms with Gasteiger partial charge in [-0.25, -0.2) is 0 Å². The van der Waals surface area contributed by atoms with Crippen molar-refractivity contribution >= 4 is 0 Å². The second kappa shape index (κ2) is 6.06. The Kier molecular flexibility index (Phi) is 4.43. The summed E-state index contributed by atoms with van der Waals surface area (Å²) in [6.07, 6.45) is 7.59. The highest BCUT2D eigenvalue weighted by atomic mass is 16.5. The maximum Gasteiger partial charge on any atom is 0.120 e. The summed E-state index contributed by atoms with van der Waals surface area (Å²) >= 11 is 0. The van der Waals surface area contributed by atoms with E-state index >= 15 is 0 Å². The van der Waals surface area contributed by atoms with E-state index in [1.165, 1.54) is 31.2 Å². The molecule has 2 nitrogen and oxygen atoms in total. The summed E-state index contributed by atoms with van der Waals surface area (Å²) in [5, 5.41) is 0. The van der Waals surface area contributed by atoms with Crippen LogP contribution in [-0.2, 0) is 0 Å². The van der Waals surface area contributed by atoms with Crippen LogP contribution in [0.1, 0.15) is 57.1 Å². The number of hydrogen-bond donors (Lipinski definition) is 1. The molecule has 0 aliphatic heterocycles. The lowest BCUT2D eigenvalue weighted by Crippen LogP contribution is -2.13. The number of benzene rings is 1. The molecule has 1 aromatic carbocycles. The monoisotopic (exact) mass is 233 g/mol. The Bertz CT molecular complexity index is 345. The molecule has 0 spiro atoms. The number of rotatable bonds is 5. The number of hydrogen-bond acceptors (Lipinski definition) is 2. The van der Waals surface area contributed by atoms with Crippen LogP contribution in [0.15, 0.2) is 24.3 Å². The summed E-state index contributed by atoms with van der Waals surface area (Å²) in [6, 6.07) is 8.45. The van der Waals surface area contributed by atoms with Gasteiger partial charge in [0.05, 0.1) is 6.10 Å². The molecule has 0 aromatic heterocycles. The van der Waals surface area contributed by atoms with E-state index in [-0.39, 0.29) is 6.04 Å². The zero-order valence-corrected chi connectivity index (χ0v) is 10.7. The van der Waals surface area contributed by atoms with Crippen LogP contribution in [0.2, 0.25) is 0 Å². The fourth-order valence-electron chi connectivity index (χ4n) is 2.49. The Hall–Kier alpha value is -1.02. The lowest BCUT2D eigenvalue weighted by molar-refractivity contribution is 0.209. The van der Waals surface area contributed by atoms with Gasteiger partial charge in [-0.05, 0) is 49.8 Å². The number of ether oxygens (including phenoxy) is 1. The van der Waals surface area contributed by atoms with Crippen molar-refractivity contribution in [1.82, 2.24) is 0 Å². The predicted octanol–water partition coefficient (Wildman–Crippen LogP) is 3.81. The molecule has 0 heterocycles. The molecule has 1 atom stereocenters. The Balaban J connectivity index is 2.00. The maximum atomic E-state index is 6.13. The minimum atomic E-state index is 0.145. The molecule has 0 amide bonds. The maximum absolute atomic E-state index is 6.13. The van der Waals surface area contributed by atoms with Crippen LogP contribution in [0.4, 0.5) is 0 Å². The molecule has 2 rings (SSSR count). The van der Waals surface area contributed by atoms with Gasteiger partial charge in [-0.3, -0.25) is 0 Å². The quantitative estimate of drug-likeness (QED) is 0.839. The Morgan fingerprint density at radius 2 is 2.12 bits per heavy atom. The van der Waals surface area contributed by atoms with Gasteiger partial charge in [-0.2, -0.15) is 0 Å². The first-order chi connectivity index (χ1) is 8.29. The van der Waals surface area contributed by atoms with Crippen molar-refractivity contribution in [2.24, 2.45) is 5.73 Å². The zero-order valence-electron chi connectivity index (χ0n) is 10.7. The lowest BCUT2D eigenvalue weighted by atomic mass is 10.0. The normalized spacial score (nSPS) is 18.2. The van der Waals surface area contributed by atoms with Crippen molar-refractivity contribution < 1.29 is 4.74 Å². The predicted molar refractivity (Wildman–Crippen MR) is 71.2 cm³/mol. The van der Waals surface area contributed by atoms with Crippen molar-refractivity contribution in [2.75, 3.05) is 0 Å². The standard InChI is InChI=1S/C15H23NO/c1-2-6-15(16)12-7-5-10-14(11-12)17-13-8-3-4-9-13/h5,7,10-11,13,15H,2-4,6,8-9,16H2,1H3. The van der Waals surface area contributed by atoms with E-state index in [1.54, 1.807) is 0 Å². The van der Waals surface area contributed by atoms with Crippen LogP contribution >= 0.6 is 0 Å². The van der Waals surface area contributed by atoms with Crippen molar-refractivity contribution in [1.29, 1.82) is 0 Å². The topological polar surface area (TPSA) is 35.2 Å². The molecule has 94 valence electrons. The van der Waals surface area contributed by atoms with Gasteiger partial charge in [-0.1, -0.05) is 25.5 Å². The van der Waals surface area contributed by atoms with Gasteiger partial charge in [0.25, 0.3) is 0 Å². The molecule has 0 radical (unpaired) electrons. The third-order valence-corrected chi connectivity index (χ3v) is 3.49. The van der Waals surface area contributed by atoms with Crippen LogP contribution in [0.5, 0.6) is 5.75 Å². The molecule has 1 saturated carbocycles. The molecule has 1 aliphatic rings. The summed E-state index contributed by atoms with van der Waals surface area (Å²) in [6.45, 7) is 2.17. The Morgan fingerprint density at radius 1 is 1.35 bits per heavy atom. The highest BCUT2D eigenvalue weighted by Crippen LogP contribution is 2.26. The van der Waals surface area contributed by atoms with Crippen molar-refractivity contribution in [3.8, 4) is 5.75 Å². The summed E-state index contributed by atoms with van der Waals surface area (Å²) < 4.78 is 5.99. The molecule has 2 heteroatoms. The Labute approximate surface area is 104 Å². The SMILES string of the molecule is CCCC(N)c1cccc(OC2CCCC2)c1.